The molecular weight excluding hydrogens is 408 g/mol. The molecule has 1 fully saturated rings. The van der Waals surface area contributed by atoms with E-state index in [-0.39, 0.29) is 11.3 Å². The van der Waals surface area contributed by atoms with Gasteiger partial charge in [-0.1, -0.05) is 6.07 Å². The molecule has 1 aliphatic heterocycles. The van der Waals surface area contributed by atoms with Crippen molar-refractivity contribution >= 4 is 29.1 Å². The number of carbonyl (C=O) groups excluding carboxylic acids is 1. The van der Waals surface area contributed by atoms with Crippen LogP contribution in [0.2, 0.25) is 0 Å². The van der Waals surface area contributed by atoms with Gasteiger partial charge in [-0.2, -0.15) is 0 Å². The molecule has 32 heavy (non-hydrogen) atoms. The zero-order valence-electron chi connectivity index (χ0n) is 18.6. The number of aliphatic imine (C=N–C) groups is 1. The fourth-order valence-corrected chi connectivity index (χ4v) is 3.55. The Kier molecular flexibility index (Phi) is 8.21. The van der Waals surface area contributed by atoms with E-state index in [1.807, 2.05) is 30.3 Å². The third-order valence-electron chi connectivity index (χ3n) is 5.35. The molecule has 1 heterocycles. The van der Waals surface area contributed by atoms with Gasteiger partial charge in [-0.3, -0.25) is 9.79 Å². The van der Waals surface area contributed by atoms with Gasteiger partial charge in [-0.25, -0.2) is 4.79 Å². The second kappa shape index (κ2) is 11.3. The van der Waals surface area contributed by atoms with Gasteiger partial charge in [0.25, 0.3) is 0 Å². The molecule has 0 aromatic heterocycles. The van der Waals surface area contributed by atoms with Gasteiger partial charge in [-0.15, -0.1) is 0 Å². The van der Waals surface area contributed by atoms with E-state index < -0.39 is 5.97 Å². The van der Waals surface area contributed by atoms with Gasteiger partial charge < -0.3 is 25.0 Å². The highest BCUT2D eigenvalue weighted by Gasteiger charge is 2.20. The lowest BCUT2D eigenvalue weighted by Crippen LogP contribution is -2.50. The number of methoxy groups -OCH3 is 1. The first-order valence-electron chi connectivity index (χ1n) is 10.7. The molecule has 0 aliphatic carbocycles. The van der Waals surface area contributed by atoms with Crippen LogP contribution in [0.15, 0.2) is 53.5 Å². The van der Waals surface area contributed by atoms with E-state index in [2.05, 4.69) is 15.1 Å². The second-order valence-corrected chi connectivity index (χ2v) is 7.64. The number of hydrogen-bond acceptors (Lipinski definition) is 5. The van der Waals surface area contributed by atoms with Crippen molar-refractivity contribution in [2.75, 3.05) is 56.7 Å². The maximum Gasteiger partial charge on any atom is 0.335 e. The molecule has 0 radical (unpaired) electrons. The lowest BCUT2D eigenvalue weighted by molar-refractivity contribution is 0.0696. The van der Waals surface area contributed by atoms with Crippen molar-refractivity contribution in [1.29, 1.82) is 0 Å². The molecule has 2 aromatic carbocycles. The molecule has 2 aromatic rings. The number of ketones is 1. The number of rotatable bonds is 8. The number of aromatic carboxylic acids is 1. The standard InChI is InChI=1S/C24H30N4O4/c1-18(29)19-7-9-22(10-8-19)27-12-14-28(15-13-27)24(25-11-4-16-32-2)26-21-6-3-5-20(17-21)23(30)31/h3,5-10,17H,4,11-16H2,1-2H3,(H,25,26)(H,30,31). The molecule has 0 amide bonds. The molecule has 1 saturated heterocycles. The molecule has 0 bridgehead atoms. The topological polar surface area (TPSA) is 94.5 Å². The first-order chi connectivity index (χ1) is 15.5. The van der Waals surface area contributed by atoms with Gasteiger partial charge in [0.15, 0.2) is 11.7 Å². The van der Waals surface area contributed by atoms with Crippen molar-refractivity contribution < 1.29 is 19.4 Å². The summed E-state index contributed by atoms with van der Waals surface area (Å²) in [5.41, 5.74) is 2.73. The predicted molar refractivity (Wildman–Crippen MR) is 126 cm³/mol. The number of nitrogens with zero attached hydrogens (tertiary/aromatic N) is 3. The number of carboxylic acids is 1. The number of piperazine rings is 1. The van der Waals surface area contributed by atoms with Crippen LogP contribution in [0.5, 0.6) is 0 Å². The van der Waals surface area contributed by atoms with Crippen molar-refractivity contribution in [2.24, 2.45) is 4.99 Å². The van der Waals surface area contributed by atoms with Crippen LogP contribution in [0.25, 0.3) is 0 Å². The van der Waals surface area contributed by atoms with Crippen molar-refractivity contribution in [3.8, 4) is 0 Å². The smallest absolute Gasteiger partial charge is 0.335 e. The Hall–Kier alpha value is -3.39. The fourth-order valence-electron chi connectivity index (χ4n) is 3.55. The Morgan fingerprint density at radius 2 is 1.78 bits per heavy atom. The Morgan fingerprint density at radius 3 is 2.41 bits per heavy atom. The number of ether oxygens (including phenoxy) is 1. The molecule has 0 atom stereocenters. The summed E-state index contributed by atoms with van der Waals surface area (Å²) >= 11 is 0. The van der Waals surface area contributed by atoms with E-state index in [0.717, 1.165) is 44.2 Å². The zero-order chi connectivity index (χ0) is 22.9. The minimum atomic E-state index is -0.961. The quantitative estimate of drug-likeness (QED) is 0.283. The molecule has 8 nitrogen and oxygen atoms in total. The van der Waals surface area contributed by atoms with Gasteiger partial charge in [-0.05, 0) is 55.8 Å². The minimum Gasteiger partial charge on any atom is -0.478 e. The first kappa shape index (κ1) is 23.3. The Bertz CT molecular complexity index is 951. The number of carbonyl (C=O) groups is 2. The van der Waals surface area contributed by atoms with E-state index in [1.165, 1.54) is 0 Å². The SMILES string of the molecule is COCCCN=C(Nc1cccc(C(=O)O)c1)N1CCN(c2ccc(C(C)=O)cc2)CC1. The zero-order valence-corrected chi connectivity index (χ0v) is 18.6. The number of guanidine groups is 1. The summed E-state index contributed by atoms with van der Waals surface area (Å²) in [4.78, 5) is 32.0. The number of Topliss-reactive ketones (excluding diaryl/α,β-unsaturated/α-hetero) is 1. The summed E-state index contributed by atoms with van der Waals surface area (Å²) < 4.78 is 5.12. The number of anilines is 2. The Labute approximate surface area is 188 Å². The lowest BCUT2D eigenvalue weighted by Gasteiger charge is -2.38. The van der Waals surface area contributed by atoms with Gasteiger partial charge in [0, 0.05) is 63.4 Å². The largest absolute Gasteiger partial charge is 0.478 e. The normalized spacial score (nSPS) is 14.4. The molecule has 0 unspecified atom stereocenters. The summed E-state index contributed by atoms with van der Waals surface area (Å²) in [5, 5.41) is 12.6. The average molecular weight is 439 g/mol. The second-order valence-electron chi connectivity index (χ2n) is 7.64. The maximum absolute atomic E-state index is 11.5. The van der Waals surface area contributed by atoms with E-state index in [0.29, 0.717) is 24.4 Å². The summed E-state index contributed by atoms with van der Waals surface area (Å²) in [6.07, 6.45) is 0.805. The van der Waals surface area contributed by atoms with Crippen LogP contribution in [0.1, 0.15) is 34.1 Å². The van der Waals surface area contributed by atoms with Crippen LogP contribution in [-0.4, -0.2) is 74.2 Å². The molecule has 0 saturated carbocycles. The van der Waals surface area contributed by atoms with Crippen LogP contribution < -0.4 is 10.2 Å². The van der Waals surface area contributed by atoms with Crippen LogP contribution in [0.4, 0.5) is 11.4 Å². The van der Waals surface area contributed by atoms with Gasteiger partial charge in [0.2, 0.25) is 0 Å². The summed E-state index contributed by atoms with van der Waals surface area (Å²) in [6.45, 7) is 5.98. The number of nitrogens with one attached hydrogen (secondary N) is 1. The lowest BCUT2D eigenvalue weighted by atomic mass is 10.1. The fraction of sp³-hybridized carbons (Fsp3) is 0.375. The highest BCUT2D eigenvalue weighted by molar-refractivity contribution is 5.96. The van der Waals surface area contributed by atoms with Crippen LogP contribution in [-0.2, 0) is 4.74 Å². The predicted octanol–water partition coefficient (Wildman–Crippen LogP) is 3.21. The maximum atomic E-state index is 11.5. The van der Waals surface area contributed by atoms with Gasteiger partial charge >= 0.3 is 5.97 Å². The number of hydrogen-bond donors (Lipinski definition) is 2. The van der Waals surface area contributed by atoms with Crippen molar-refractivity contribution in [3.63, 3.8) is 0 Å². The van der Waals surface area contributed by atoms with E-state index in [9.17, 15) is 14.7 Å². The average Bonchev–Trinajstić information content (AvgIpc) is 2.81. The van der Waals surface area contributed by atoms with E-state index in [1.54, 1.807) is 32.2 Å². The van der Waals surface area contributed by atoms with Crippen LogP contribution in [0.3, 0.4) is 0 Å². The third kappa shape index (κ3) is 6.31. The number of carboxylic acid groups (broad SMARTS) is 1. The highest BCUT2D eigenvalue weighted by atomic mass is 16.5. The summed E-state index contributed by atoms with van der Waals surface area (Å²) in [7, 11) is 1.67. The van der Waals surface area contributed by atoms with Crippen LogP contribution >= 0.6 is 0 Å². The Morgan fingerprint density at radius 1 is 1.06 bits per heavy atom. The summed E-state index contributed by atoms with van der Waals surface area (Å²) in [6, 6.07) is 14.4. The summed E-state index contributed by atoms with van der Waals surface area (Å²) in [5.74, 6) is -0.166. The third-order valence-corrected chi connectivity index (χ3v) is 5.35. The van der Waals surface area contributed by atoms with Gasteiger partial charge in [0.1, 0.15) is 0 Å². The monoisotopic (exact) mass is 438 g/mol. The highest BCUT2D eigenvalue weighted by Crippen LogP contribution is 2.19. The van der Waals surface area contributed by atoms with Crippen LogP contribution in [0, 0.1) is 0 Å². The molecule has 3 rings (SSSR count). The minimum absolute atomic E-state index is 0.0636. The molecule has 170 valence electrons. The van der Waals surface area contributed by atoms with Crippen molar-refractivity contribution in [2.45, 2.75) is 13.3 Å². The molecular formula is C24H30N4O4. The Balaban J connectivity index is 1.68. The van der Waals surface area contributed by atoms with Crippen molar-refractivity contribution in [3.05, 3.63) is 59.7 Å². The first-order valence-corrected chi connectivity index (χ1v) is 10.7. The molecule has 0 spiro atoms. The van der Waals surface area contributed by atoms with Gasteiger partial charge in [0.05, 0.1) is 5.56 Å². The molecule has 2 N–H and O–H groups in total. The van der Waals surface area contributed by atoms with E-state index in [4.69, 9.17) is 9.73 Å². The number of benzene rings is 2. The molecule has 8 heteroatoms. The van der Waals surface area contributed by atoms with Crippen molar-refractivity contribution in [1.82, 2.24) is 4.90 Å². The molecule has 1 aliphatic rings. The van der Waals surface area contributed by atoms with E-state index >= 15 is 0 Å².